The third kappa shape index (κ3) is 4.85. The Morgan fingerprint density at radius 3 is 2.50 bits per heavy atom. The maximum atomic E-state index is 11.6. The standard InChI is InChI=1S/C14H22N2O2/c1-11(17)14(2,3)16-10-13(18)15-9-12-7-5-4-6-8-12/h4-8,11,16-17H,9-10H2,1-3H3,(H,15,18). The number of carbonyl (C=O) groups is 1. The Morgan fingerprint density at radius 1 is 1.33 bits per heavy atom. The highest BCUT2D eigenvalue weighted by molar-refractivity contribution is 5.78. The molecule has 1 unspecified atom stereocenters. The molecule has 3 N–H and O–H groups in total. The van der Waals surface area contributed by atoms with Gasteiger partial charge in [-0.15, -0.1) is 0 Å². The van der Waals surface area contributed by atoms with Crippen LogP contribution in [-0.2, 0) is 11.3 Å². The summed E-state index contributed by atoms with van der Waals surface area (Å²) in [5, 5.41) is 15.4. The van der Waals surface area contributed by atoms with Crippen molar-refractivity contribution >= 4 is 5.91 Å². The molecule has 0 saturated carbocycles. The Morgan fingerprint density at radius 2 is 1.94 bits per heavy atom. The van der Waals surface area contributed by atoms with Crippen molar-refractivity contribution in [2.45, 2.75) is 39.0 Å². The van der Waals surface area contributed by atoms with E-state index in [0.717, 1.165) is 5.56 Å². The van der Waals surface area contributed by atoms with Crippen molar-refractivity contribution in [1.29, 1.82) is 0 Å². The fourth-order valence-corrected chi connectivity index (χ4v) is 1.31. The largest absolute Gasteiger partial charge is 0.392 e. The van der Waals surface area contributed by atoms with Crippen LogP contribution in [0.15, 0.2) is 30.3 Å². The zero-order valence-electron chi connectivity index (χ0n) is 11.2. The van der Waals surface area contributed by atoms with Crippen LogP contribution in [0.25, 0.3) is 0 Å². The van der Waals surface area contributed by atoms with Crippen molar-refractivity contribution in [2.24, 2.45) is 0 Å². The average molecular weight is 250 g/mol. The van der Waals surface area contributed by atoms with Gasteiger partial charge in [-0.05, 0) is 26.3 Å². The smallest absolute Gasteiger partial charge is 0.234 e. The molecule has 4 heteroatoms. The minimum atomic E-state index is -0.514. The van der Waals surface area contributed by atoms with Crippen LogP contribution in [0.1, 0.15) is 26.3 Å². The van der Waals surface area contributed by atoms with E-state index in [-0.39, 0.29) is 12.5 Å². The van der Waals surface area contributed by atoms with Crippen molar-refractivity contribution in [3.8, 4) is 0 Å². The molecule has 0 heterocycles. The summed E-state index contributed by atoms with van der Waals surface area (Å²) in [4.78, 5) is 11.6. The number of rotatable bonds is 6. The number of aliphatic hydroxyl groups is 1. The lowest BCUT2D eigenvalue weighted by Crippen LogP contribution is -2.51. The monoisotopic (exact) mass is 250 g/mol. The van der Waals surface area contributed by atoms with E-state index < -0.39 is 11.6 Å². The van der Waals surface area contributed by atoms with Crippen molar-refractivity contribution in [3.63, 3.8) is 0 Å². The lowest BCUT2D eigenvalue weighted by molar-refractivity contribution is -0.120. The minimum Gasteiger partial charge on any atom is -0.392 e. The molecule has 0 aromatic heterocycles. The molecule has 0 fully saturated rings. The predicted molar refractivity (Wildman–Crippen MR) is 72.1 cm³/mol. The summed E-state index contributed by atoms with van der Waals surface area (Å²) < 4.78 is 0. The van der Waals surface area contributed by atoms with Gasteiger partial charge in [-0.1, -0.05) is 30.3 Å². The lowest BCUT2D eigenvalue weighted by Gasteiger charge is -2.29. The summed E-state index contributed by atoms with van der Waals surface area (Å²) in [6.45, 7) is 6.15. The summed E-state index contributed by atoms with van der Waals surface area (Å²) in [5.74, 6) is -0.0763. The lowest BCUT2D eigenvalue weighted by atomic mass is 9.99. The molecule has 100 valence electrons. The van der Waals surface area contributed by atoms with Gasteiger partial charge in [0.15, 0.2) is 0 Å². The normalized spacial score (nSPS) is 13.1. The third-order valence-corrected chi connectivity index (χ3v) is 3.08. The quantitative estimate of drug-likeness (QED) is 0.707. The highest BCUT2D eigenvalue weighted by atomic mass is 16.3. The maximum Gasteiger partial charge on any atom is 0.234 e. The van der Waals surface area contributed by atoms with Gasteiger partial charge in [0.05, 0.1) is 12.6 Å². The molecular formula is C14H22N2O2. The predicted octanol–water partition coefficient (Wildman–Crippen LogP) is 1.05. The Hall–Kier alpha value is -1.39. The van der Waals surface area contributed by atoms with Gasteiger partial charge in [0.2, 0.25) is 5.91 Å². The van der Waals surface area contributed by atoms with E-state index >= 15 is 0 Å². The van der Waals surface area contributed by atoms with Crippen molar-refractivity contribution in [2.75, 3.05) is 6.54 Å². The van der Waals surface area contributed by atoms with E-state index in [9.17, 15) is 9.90 Å². The second kappa shape index (κ2) is 6.52. The second-order valence-corrected chi connectivity index (χ2v) is 5.01. The third-order valence-electron chi connectivity index (χ3n) is 3.08. The molecule has 1 rings (SSSR count). The van der Waals surface area contributed by atoms with E-state index in [1.807, 2.05) is 44.2 Å². The van der Waals surface area contributed by atoms with Gasteiger partial charge in [0.25, 0.3) is 0 Å². The highest BCUT2D eigenvalue weighted by Gasteiger charge is 2.23. The molecule has 0 saturated heterocycles. The molecule has 1 aromatic carbocycles. The molecule has 0 aliphatic rings. The topological polar surface area (TPSA) is 61.4 Å². The van der Waals surface area contributed by atoms with E-state index in [1.165, 1.54) is 0 Å². The number of nitrogens with one attached hydrogen (secondary N) is 2. The van der Waals surface area contributed by atoms with Gasteiger partial charge in [-0.2, -0.15) is 0 Å². The molecule has 0 bridgehead atoms. The van der Waals surface area contributed by atoms with E-state index in [2.05, 4.69) is 10.6 Å². The summed E-state index contributed by atoms with van der Waals surface area (Å²) in [6.07, 6.45) is -0.514. The summed E-state index contributed by atoms with van der Waals surface area (Å²) in [6, 6.07) is 9.76. The van der Waals surface area contributed by atoms with Crippen molar-refractivity contribution < 1.29 is 9.90 Å². The molecule has 18 heavy (non-hydrogen) atoms. The van der Waals surface area contributed by atoms with Crippen molar-refractivity contribution in [3.05, 3.63) is 35.9 Å². The summed E-state index contributed by atoms with van der Waals surface area (Å²) in [5.41, 5.74) is 0.602. The number of benzene rings is 1. The highest BCUT2D eigenvalue weighted by Crippen LogP contribution is 2.07. The van der Waals surface area contributed by atoms with Crippen LogP contribution >= 0.6 is 0 Å². The van der Waals surface area contributed by atoms with Crippen LogP contribution < -0.4 is 10.6 Å². The fourth-order valence-electron chi connectivity index (χ4n) is 1.31. The molecule has 1 aromatic rings. The fraction of sp³-hybridized carbons (Fsp3) is 0.500. The van der Waals surface area contributed by atoms with Crippen LogP contribution in [0.5, 0.6) is 0 Å². The number of amides is 1. The second-order valence-electron chi connectivity index (χ2n) is 5.01. The first-order valence-electron chi connectivity index (χ1n) is 6.15. The molecule has 0 spiro atoms. The van der Waals surface area contributed by atoms with Crippen LogP contribution in [0.3, 0.4) is 0 Å². The molecule has 1 atom stereocenters. The molecule has 0 aliphatic carbocycles. The van der Waals surface area contributed by atoms with Gasteiger partial charge in [-0.25, -0.2) is 0 Å². The first-order chi connectivity index (χ1) is 8.42. The molecule has 0 radical (unpaired) electrons. The minimum absolute atomic E-state index is 0.0763. The van der Waals surface area contributed by atoms with E-state index in [0.29, 0.717) is 6.54 Å². The van der Waals surface area contributed by atoms with Gasteiger partial charge in [-0.3, -0.25) is 4.79 Å². The molecule has 0 aliphatic heterocycles. The van der Waals surface area contributed by atoms with Gasteiger partial charge < -0.3 is 15.7 Å². The summed E-state index contributed by atoms with van der Waals surface area (Å²) >= 11 is 0. The Balaban J connectivity index is 2.31. The first-order valence-corrected chi connectivity index (χ1v) is 6.15. The molecule has 1 amide bonds. The Kier molecular flexibility index (Phi) is 5.31. The zero-order chi connectivity index (χ0) is 13.6. The summed E-state index contributed by atoms with van der Waals surface area (Å²) in [7, 11) is 0. The number of hydrogen-bond acceptors (Lipinski definition) is 3. The van der Waals surface area contributed by atoms with Crippen LogP contribution in [0, 0.1) is 0 Å². The molecular weight excluding hydrogens is 228 g/mol. The van der Waals surface area contributed by atoms with Gasteiger partial charge >= 0.3 is 0 Å². The molecule has 4 nitrogen and oxygen atoms in total. The number of hydrogen-bond donors (Lipinski definition) is 3. The maximum absolute atomic E-state index is 11.6. The van der Waals surface area contributed by atoms with Crippen LogP contribution in [0.2, 0.25) is 0 Å². The van der Waals surface area contributed by atoms with E-state index in [4.69, 9.17) is 0 Å². The Bertz CT molecular complexity index is 375. The SMILES string of the molecule is CC(O)C(C)(C)NCC(=O)NCc1ccccc1. The average Bonchev–Trinajstić information content (AvgIpc) is 2.35. The first kappa shape index (κ1) is 14.7. The number of aliphatic hydroxyl groups excluding tert-OH is 1. The van der Waals surface area contributed by atoms with E-state index in [1.54, 1.807) is 6.92 Å². The van der Waals surface area contributed by atoms with Gasteiger partial charge in [0.1, 0.15) is 0 Å². The van der Waals surface area contributed by atoms with Gasteiger partial charge in [0, 0.05) is 12.1 Å². The zero-order valence-corrected chi connectivity index (χ0v) is 11.2. The van der Waals surface area contributed by atoms with Crippen LogP contribution in [-0.4, -0.2) is 29.2 Å². The number of carbonyl (C=O) groups excluding carboxylic acids is 1. The van der Waals surface area contributed by atoms with Crippen LogP contribution in [0.4, 0.5) is 0 Å². The van der Waals surface area contributed by atoms with Crippen molar-refractivity contribution in [1.82, 2.24) is 10.6 Å². The Labute approximate surface area is 108 Å².